The minimum Gasteiger partial charge on any atom is -0.365 e. The van der Waals surface area contributed by atoms with Crippen molar-refractivity contribution < 1.29 is 4.79 Å². The molecular weight excluding hydrogens is 262 g/mol. The van der Waals surface area contributed by atoms with Gasteiger partial charge in [-0.3, -0.25) is 9.78 Å². The maximum Gasteiger partial charge on any atom is 0.241 e. The second kappa shape index (κ2) is 7.43. The number of carbonyl (C=O) groups excluding carboxylic acids is 1. The predicted molar refractivity (Wildman–Crippen MR) is 85.3 cm³/mol. The molecule has 21 heavy (non-hydrogen) atoms. The van der Waals surface area contributed by atoms with Gasteiger partial charge in [0.05, 0.1) is 6.54 Å². The number of aromatic nitrogens is 1. The summed E-state index contributed by atoms with van der Waals surface area (Å²) in [5, 5.41) is 0. The van der Waals surface area contributed by atoms with E-state index in [0.29, 0.717) is 13.1 Å². The lowest BCUT2D eigenvalue weighted by Gasteiger charge is -2.23. The molecule has 0 saturated carbocycles. The van der Waals surface area contributed by atoms with Gasteiger partial charge in [-0.1, -0.05) is 18.2 Å². The summed E-state index contributed by atoms with van der Waals surface area (Å²) < 4.78 is 0. The molecule has 1 amide bonds. The zero-order valence-electron chi connectivity index (χ0n) is 12.6. The Morgan fingerprint density at radius 2 is 1.71 bits per heavy atom. The zero-order chi connectivity index (χ0) is 15.1. The second-order valence-electron chi connectivity index (χ2n) is 5.11. The highest BCUT2D eigenvalue weighted by Crippen LogP contribution is 2.10. The second-order valence-corrected chi connectivity index (χ2v) is 5.11. The fourth-order valence-corrected chi connectivity index (χ4v) is 2.07. The van der Waals surface area contributed by atoms with Crippen LogP contribution in [-0.4, -0.2) is 43.0 Å². The van der Waals surface area contributed by atoms with Crippen LogP contribution < -0.4 is 4.90 Å². The summed E-state index contributed by atoms with van der Waals surface area (Å²) in [5.74, 6) is 0.121. The van der Waals surface area contributed by atoms with E-state index in [9.17, 15) is 4.79 Å². The van der Waals surface area contributed by atoms with Gasteiger partial charge in [-0.15, -0.1) is 0 Å². The van der Waals surface area contributed by atoms with Crippen LogP contribution in [0.3, 0.4) is 0 Å². The highest BCUT2D eigenvalue weighted by molar-refractivity contribution is 5.81. The van der Waals surface area contributed by atoms with Crippen LogP contribution in [0.5, 0.6) is 0 Å². The normalized spacial score (nSPS) is 10.2. The van der Waals surface area contributed by atoms with Crippen LogP contribution in [0.2, 0.25) is 0 Å². The minimum atomic E-state index is 0.121. The predicted octanol–water partition coefficient (Wildman–Crippen LogP) is 2.22. The number of amides is 1. The molecule has 4 heteroatoms. The number of hydrogen-bond donors (Lipinski definition) is 0. The van der Waals surface area contributed by atoms with Gasteiger partial charge in [0.1, 0.15) is 0 Å². The van der Waals surface area contributed by atoms with E-state index in [4.69, 9.17) is 0 Å². The largest absolute Gasteiger partial charge is 0.365 e. The number of para-hydroxylation sites is 1. The zero-order valence-corrected chi connectivity index (χ0v) is 12.6. The molecule has 2 rings (SSSR count). The third-order valence-corrected chi connectivity index (χ3v) is 3.48. The number of anilines is 1. The van der Waals surface area contributed by atoms with E-state index in [0.717, 1.165) is 12.1 Å². The van der Waals surface area contributed by atoms with Crippen LogP contribution in [0.25, 0.3) is 0 Å². The summed E-state index contributed by atoms with van der Waals surface area (Å²) in [6, 6.07) is 13.9. The van der Waals surface area contributed by atoms with Gasteiger partial charge >= 0.3 is 0 Å². The monoisotopic (exact) mass is 283 g/mol. The fourth-order valence-electron chi connectivity index (χ4n) is 2.07. The van der Waals surface area contributed by atoms with Crippen LogP contribution in [0.1, 0.15) is 5.56 Å². The first-order chi connectivity index (χ1) is 10.2. The molecule has 1 aromatic carbocycles. The van der Waals surface area contributed by atoms with E-state index >= 15 is 0 Å². The van der Waals surface area contributed by atoms with Crippen molar-refractivity contribution in [2.45, 2.75) is 6.42 Å². The molecule has 0 aliphatic heterocycles. The summed E-state index contributed by atoms with van der Waals surface area (Å²) in [6.07, 6.45) is 4.40. The number of likely N-dealkylation sites (N-methyl/N-ethyl adjacent to an activating group) is 2. The van der Waals surface area contributed by atoms with Gasteiger partial charge in [0, 0.05) is 38.7 Å². The number of pyridine rings is 1. The fraction of sp³-hybridized carbons (Fsp3) is 0.294. The SMILES string of the molecule is CN(CCc1ccncc1)C(=O)CN(C)c1ccccc1. The Morgan fingerprint density at radius 3 is 2.38 bits per heavy atom. The molecule has 0 bridgehead atoms. The van der Waals surface area contributed by atoms with Gasteiger partial charge in [0.2, 0.25) is 5.91 Å². The van der Waals surface area contributed by atoms with Crippen molar-refractivity contribution >= 4 is 11.6 Å². The first kappa shape index (κ1) is 15.0. The van der Waals surface area contributed by atoms with Crippen molar-refractivity contribution in [1.29, 1.82) is 0 Å². The van der Waals surface area contributed by atoms with Crippen molar-refractivity contribution in [1.82, 2.24) is 9.88 Å². The topological polar surface area (TPSA) is 36.4 Å². The molecule has 1 aromatic heterocycles. The van der Waals surface area contributed by atoms with Crippen molar-refractivity contribution in [3.63, 3.8) is 0 Å². The van der Waals surface area contributed by atoms with E-state index in [2.05, 4.69) is 4.98 Å². The lowest BCUT2D eigenvalue weighted by molar-refractivity contribution is -0.128. The number of benzene rings is 1. The molecule has 0 spiro atoms. The van der Waals surface area contributed by atoms with E-state index < -0.39 is 0 Å². The van der Waals surface area contributed by atoms with Gasteiger partial charge < -0.3 is 9.80 Å². The molecule has 0 unspecified atom stereocenters. The average molecular weight is 283 g/mol. The smallest absolute Gasteiger partial charge is 0.241 e. The first-order valence-electron chi connectivity index (χ1n) is 7.06. The summed E-state index contributed by atoms with van der Waals surface area (Å²) in [7, 11) is 3.78. The van der Waals surface area contributed by atoms with Crippen LogP contribution in [-0.2, 0) is 11.2 Å². The summed E-state index contributed by atoms with van der Waals surface area (Å²) in [5.41, 5.74) is 2.24. The van der Waals surface area contributed by atoms with Crippen LogP contribution >= 0.6 is 0 Å². The summed E-state index contributed by atoms with van der Waals surface area (Å²) in [4.78, 5) is 20.0. The molecule has 110 valence electrons. The van der Waals surface area contributed by atoms with Crippen LogP contribution in [0, 0.1) is 0 Å². The molecule has 0 aliphatic rings. The Bertz CT molecular complexity index is 557. The molecule has 4 nitrogen and oxygen atoms in total. The Balaban J connectivity index is 1.82. The molecule has 0 atom stereocenters. The van der Waals surface area contributed by atoms with E-state index in [1.807, 2.05) is 61.5 Å². The molecule has 2 aromatic rings. The van der Waals surface area contributed by atoms with Crippen molar-refractivity contribution in [2.75, 3.05) is 32.1 Å². The lowest BCUT2D eigenvalue weighted by atomic mass is 10.2. The summed E-state index contributed by atoms with van der Waals surface area (Å²) in [6.45, 7) is 1.10. The molecule has 0 fully saturated rings. The molecule has 0 N–H and O–H groups in total. The van der Waals surface area contributed by atoms with E-state index in [1.54, 1.807) is 17.3 Å². The minimum absolute atomic E-state index is 0.121. The molecule has 0 radical (unpaired) electrons. The Morgan fingerprint density at radius 1 is 1.05 bits per heavy atom. The van der Waals surface area contributed by atoms with Gasteiger partial charge in [0.15, 0.2) is 0 Å². The van der Waals surface area contributed by atoms with Gasteiger partial charge in [0.25, 0.3) is 0 Å². The van der Waals surface area contributed by atoms with Crippen LogP contribution in [0.15, 0.2) is 54.9 Å². The number of rotatable bonds is 6. The third kappa shape index (κ3) is 4.60. The molecule has 1 heterocycles. The third-order valence-electron chi connectivity index (χ3n) is 3.48. The summed E-state index contributed by atoms with van der Waals surface area (Å²) >= 11 is 0. The number of carbonyl (C=O) groups is 1. The standard InChI is InChI=1S/C17H21N3O/c1-19(13-10-15-8-11-18-12-9-15)17(21)14-20(2)16-6-4-3-5-7-16/h3-9,11-12H,10,13-14H2,1-2H3. The van der Waals surface area contributed by atoms with Gasteiger partial charge in [-0.2, -0.15) is 0 Å². The molecular formula is C17H21N3O. The molecule has 0 saturated heterocycles. The van der Waals surface area contributed by atoms with E-state index in [1.165, 1.54) is 5.56 Å². The Kier molecular flexibility index (Phi) is 5.32. The van der Waals surface area contributed by atoms with Gasteiger partial charge in [-0.05, 0) is 36.2 Å². The van der Waals surface area contributed by atoms with Gasteiger partial charge in [-0.25, -0.2) is 0 Å². The quantitative estimate of drug-likeness (QED) is 0.815. The Hall–Kier alpha value is -2.36. The van der Waals surface area contributed by atoms with Crippen molar-refractivity contribution in [3.05, 3.63) is 60.4 Å². The maximum absolute atomic E-state index is 12.2. The van der Waals surface area contributed by atoms with E-state index in [-0.39, 0.29) is 5.91 Å². The van der Waals surface area contributed by atoms with Crippen molar-refractivity contribution in [3.8, 4) is 0 Å². The highest BCUT2D eigenvalue weighted by Gasteiger charge is 2.11. The average Bonchev–Trinajstić information content (AvgIpc) is 2.54. The number of nitrogens with zero attached hydrogens (tertiary/aromatic N) is 3. The molecule has 0 aliphatic carbocycles. The first-order valence-corrected chi connectivity index (χ1v) is 7.06. The number of hydrogen-bond acceptors (Lipinski definition) is 3. The highest BCUT2D eigenvalue weighted by atomic mass is 16.2. The maximum atomic E-state index is 12.2. The lowest BCUT2D eigenvalue weighted by Crippen LogP contribution is -2.37. The van der Waals surface area contributed by atoms with Crippen molar-refractivity contribution in [2.24, 2.45) is 0 Å². The Labute approximate surface area is 126 Å². The van der Waals surface area contributed by atoms with Crippen LogP contribution in [0.4, 0.5) is 5.69 Å².